The van der Waals surface area contributed by atoms with Gasteiger partial charge in [0.1, 0.15) is 10.9 Å². The zero-order valence-electron chi connectivity index (χ0n) is 17.8. The highest BCUT2D eigenvalue weighted by atomic mass is 35.5. The number of anilines is 1. The maximum Gasteiger partial charge on any atom is 0.296 e. The van der Waals surface area contributed by atoms with Gasteiger partial charge in [-0.3, -0.25) is 9.59 Å². The molecule has 2 heterocycles. The molecule has 0 aliphatic carbocycles. The van der Waals surface area contributed by atoms with Gasteiger partial charge in [0.25, 0.3) is 11.7 Å². The Morgan fingerprint density at radius 1 is 1.00 bits per heavy atom. The van der Waals surface area contributed by atoms with Crippen LogP contribution >= 0.6 is 23.2 Å². The Labute approximate surface area is 199 Å². The van der Waals surface area contributed by atoms with Gasteiger partial charge in [0, 0.05) is 34.9 Å². The lowest BCUT2D eigenvalue weighted by Crippen LogP contribution is -2.23. The number of ether oxygens (including phenoxy) is 2. The summed E-state index contributed by atoms with van der Waals surface area (Å²) in [5.74, 6) is -0.763. The number of nitrogens with one attached hydrogen (secondary N) is 1. The number of hydrogen-bond acceptors (Lipinski definition) is 5. The number of nitrogens with zero attached hydrogens (tertiary/aromatic N) is 2. The average molecular weight is 484 g/mol. The summed E-state index contributed by atoms with van der Waals surface area (Å²) >= 11 is 12.7. The highest BCUT2D eigenvalue weighted by Gasteiger charge is 2.27. The lowest BCUT2D eigenvalue weighted by atomic mass is 10.1. The SMILES string of the molecule is COc1ccc2c(c1)c(C(=O)C(=O)Nc1ccnc(OC)c1)c(Cl)n2Cc1ccc(Cl)cc1. The Bertz CT molecular complexity index is 1350. The van der Waals surface area contributed by atoms with E-state index in [-0.39, 0.29) is 10.7 Å². The fourth-order valence-corrected chi connectivity index (χ4v) is 3.94. The highest BCUT2D eigenvalue weighted by molar-refractivity contribution is 6.51. The van der Waals surface area contributed by atoms with Crippen molar-refractivity contribution >= 4 is 51.5 Å². The second-order valence-electron chi connectivity index (χ2n) is 7.13. The molecule has 2 aromatic heterocycles. The molecular formula is C24H19Cl2N3O4. The summed E-state index contributed by atoms with van der Waals surface area (Å²) in [6, 6.07) is 15.6. The Morgan fingerprint density at radius 2 is 1.76 bits per heavy atom. The van der Waals surface area contributed by atoms with Crippen LogP contribution in [0.25, 0.3) is 10.9 Å². The Hall–Kier alpha value is -3.55. The number of fused-ring (bicyclic) bond motifs is 1. The van der Waals surface area contributed by atoms with Crippen LogP contribution in [-0.2, 0) is 11.3 Å². The summed E-state index contributed by atoms with van der Waals surface area (Å²) in [6.45, 7) is 0.384. The Morgan fingerprint density at radius 3 is 2.45 bits per heavy atom. The zero-order chi connectivity index (χ0) is 23.5. The van der Waals surface area contributed by atoms with Crippen molar-refractivity contribution in [3.05, 3.63) is 82.1 Å². The van der Waals surface area contributed by atoms with Crippen LogP contribution in [0.15, 0.2) is 60.8 Å². The second-order valence-corrected chi connectivity index (χ2v) is 7.93. The number of benzene rings is 2. The highest BCUT2D eigenvalue weighted by Crippen LogP contribution is 2.34. The van der Waals surface area contributed by atoms with E-state index < -0.39 is 11.7 Å². The minimum absolute atomic E-state index is 0.0954. The number of rotatable bonds is 7. The van der Waals surface area contributed by atoms with Crippen LogP contribution in [0.3, 0.4) is 0 Å². The fraction of sp³-hybridized carbons (Fsp3) is 0.125. The van der Waals surface area contributed by atoms with E-state index in [2.05, 4.69) is 10.3 Å². The molecule has 9 heteroatoms. The topological polar surface area (TPSA) is 82.5 Å². The Balaban J connectivity index is 1.75. The molecule has 0 aliphatic heterocycles. The molecular weight excluding hydrogens is 465 g/mol. The first-order valence-electron chi connectivity index (χ1n) is 9.87. The van der Waals surface area contributed by atoms with E-state index in [0.717, 1.165) is 5.56 Å². The van der Waals surface area contributed by atoms with Crippen molar-refractivity contribution in [1.29, 1.82) is 0 Å². The van der Waals surface area contributed by atoms with Gasteiger partial charge in [-0.2, -0.15) is 0 Å². The van der Waals surface area contributed by atoms with Crippen molar-refractivity contribution < 1.29 is 19.1 Å². The number of methoxy groups -OCH3 is 2. The summed E-state index contributed by atoms with van der Waals surface area (Å²) in [7, 11) is 2.99. The van der Waals surface area contributed by atoms with Crippen molar-refractivity contribution in [1.82, 2.24) is 9.55 Å². The summed E-state index contributed by atoms with van der Waals surface area (Å²) in [5.41, 5.74) is 2.09. The monoisotopic (exact) mass is 483 g/mol. The molecule has 0 saturated heterocycles. The van der Waals surface area contributed by atoms with E-state index in [1.807, 2.05) is 12.1 Å². The van der Waals surface area contributed by atoms with Gasteiger partial charge in [0.15, 0.2) is 0 Å². The number of pyridine rings is 1. The van der Waals surface area contributed by atoms with E-state index in [9.17, 15) is 9.59 Å². The number of carbonyl (C=O) groups excluding carboxylic acids is 2. The van der Waals surface area contributed by atoms with Crippen LogP contribution in [0.1, 0.15) is 15.9 Å². The largest absolute Gasteiger partial charge is 0.497 e. The molecule has 168 valence electrons. The van der Waals surface area contributed by atoms with Crippen LogP contribution in [0.5, 0.6) is 11.6 Å². The summed E-state index contributed by atoms with van der Waals surface area (Å²) < 4.78 is 12.2. The van der Waals surface area contributed by atoms with Gasteiger partial charge in [-0.15, -0.1) is 0 Å². The first-order chi connectivity index (χ1) is 15.9. The molecule has 0 saturated carbocycles. The summed E-state index contributed by atoms with van der Waals surface area (Å²) in [5, 5.41) is 3.86. The fourth-order valence-electron chi connectivity index (χ4n) is 3.47. The molecule has 33 heavy (non-hydrogen) atoms. The molecule has 0 spiro atoms. The van der Waals surface area contributed by atoms with Crippen molar-refractivity contribution in [3.63, 3.8) is 0 Å². The first kappa shape index (κ1) is 22.6. The van der Waals surface area contributed by atoms with Gasteiger partial charge in [-0.1, -0.05) is 35.3 Å². The molecule has 2 aromatic carbocycles. The van der Waals surface area contributed by atoms with Gasteiger partial charge in [0.05, 0.1) is 25.3 Å². The quantitative estimate of drug-likeness (QED) is 0.287. The van der Waals surface area contributed by atoms with Crippen molar-refractivity contribution in [3.8, 4) is 11.6 Å². The lowest BCUT2D eigenvalue weighted by Gasteiger charge is -2.08. The zero-order valence-corrected chi connectivity index (χ0v) is 19.3. The molecule has 0 radical (unpaired) electrons. The lowest BCUT2D eigenvalue weighted by molar-refractivity contribution is -0.112. The number of Topliss-reactive ketones (excluding diaryl/α,β-unsaturated/α-hetero) is 1. The van der Waals surface area contributed by atoms with E-state index in [1.165, 1.54) is 26.5 Å². The maximum absolute atomic E-state index is 13.2. The van der Waals surface area contributed by atoms with Crippen molar-refractivity contribution in [2.75, 3.05) is 19.5 Å². The average Bonchev–Trinajstić information content (AvgIpc) is 3.10. The van der Waals surface area contributed by atoms with Gasteiger partial charge in [-0.25, -0.2) is 4.98 Å². The van der Waals surface area contributed by atoms with E-state index in [4.69, 9.17) is 32.7 Å². The van der Waals surface area contributed by atoms with Crippen LogP contribution in [0.2, 0.25) is 10.2 Å². The minimum atomic E-state index is -0.835. The summed E-state index contributed by atoms with van der Waals surface area (Å²) in [6.07, 6.45) is 1.47. The van der Waals surface area contributed by atoms with Gasteiger partial charge < -0.3 is 19.4 Å². The van der Waals surface area contributed by atoms with Crippen molar-refractivity contribution in [2.24, 2.45) is 0 Å². The van der Waals surface area contributed by atoms with E-state index in [1.54, 1.807) is 41.0 Å². The predicted molar refractivity (Wildman–Crippen MR) is 128 cm³/mol. The first-order valence-corrected chi connectivity index (χ1v) is 10.6. The standard InChI is InChI=1S/C24H19Cl2N3O4/c1-32-17-7-8-19-18(12-17)21(23(26)29(19)13-14-3-5-15(25)6-4-14)22(30)24(31)28-16-9-10-27-20(11-16)33-2/h3-12H,13H2,1-2H3,(H,27,28,31). The second kappa shape index (κ2) is 9.52. The molecule has 1 N–H and O–H groups in total. The van der Waals surface area contributed by atoms with Gasteiger partial charge in [0.2, 0.25) is 5.88 Å². The van der Waals surface area contributed by atoms with Crippen LogP contribution in [-0.4, -0.2) is 35.5 Å². The van der Waals surface area contributed by atoms with E-state index >= 15 is 0 Å². The molecule has 4 aromatic rings. The molecule has 0 fully saturated rings. The normalized spacial score (nSPS) is 10.8. The van der Waals surface area contributed by atoms with Crippen LogP contribution in [0.4, 0.5) is 5.69 Å². The number of halogens is 2. The van der Waals surface area contributed by atoms with Gasteiger partial charge in [-0.05, 0) is 42.0 Å². The van der Waals surface area contributed by atoms with E-state index in [0.29, 0.717) is 39.8 Å². The molecule has 1 amide bonds. The number of ketones is 1. The maximum atomic E-state index is 13.2. The third-order valence-electron chi connectivity index (χ3n) is 5.10. The molecule has 0 bridgehead atoms. The van der Waals surface area contributed by atoms with Gasteiger partial charge >= 0.3 is 0 Å². The molecule has 0 atom stereocenters. The number of amides is 1. The molecule has 7 nitrogen and oxygen atoms in total. The Kier molecular flexibility index (Phi) is 6.53. The smallest absolute Gasteiger partial charge is 0.296 e. The third-order valence-corrected chi connectivity index (χ3v) is 5.74. The minimum Gasteiger partial charge on any atom is -0.497 e. The van der Waals surface area contributed by atoms with Crippen molar-refractivity contribution in [2.45, 2.75) is 6.54 Å². The molecule has 0 unspecified atom stereocenters. The molecule has 4 rings (SSSR count). The van der Waals surface area contributed by atoms with Crippen LogP contribution < -0.4 is 14.8 Å². The van der Waals surface area contributed by atoms with Crippen LogP contribution in [0, 0.1) is 0 Å². The summed E-state index contributed by atoms with van der Waals surface area (Å²) in [4.78, 5) is 30.1. The number of carbonyl (C=O) groups is 2. The number of hydrogen-bond donors (Lipinski definition) is 1. The number of aromatic nitrogens is 2. The molecule has 0 aliphatic rings. The predicted octanol–water partition coefficient (Wildman–Crippen LogP) is 5.23. The third kappa shape index (κ3) is 4.65.